The molecule has 0 aromatic heterocycles. The number of hydrogen-bond acceptors (Lipinski definition) is 2. The third-order valence-corrected chi connectivity index (χ3v) is 3.50. The van der Waals surface area contributed by atoms with E-state index >= 15 is 0 Å². The number of likely N-dealkylation sites (tertiary alicyclic amines) is 1. The minimum atomic E-state index is -0.0590. The molecule has 1 amide bonds. The summed E-state index contributed by atoms with van der Waals surface area (Å²) in [6.07, 6.45) is 2.60. The van der Waals surface area contributed by atoms with Crippen molar-refractivity contribution in [3.63, 3.8) is 0 Å². The highest BCUT2D eigenvalue weighted by molar-refractivity contribution is 5.85. The molecule has 2 N–H and O–H groups in total. The Kier molecular flexibility index (Phi) is 5.83. The molecule has 1 fully saturated rings. The van der Waals surface area contributed by atoms with Crippen LogP contribution in [0.4, 0.5) is 0 Å². The fourth-order valence-corrected chi connectivity index (χ4v) is 2.68. The Morgan fingerprint density at radius 3 is 2.89 bits per heavy atom. The minimum absolute atomic E-state index is 0. The van der Waals surface area contributed by atoms with Crippen molar-refractivity contribution in [1.82, 2.24) is 4.90 Å². The van der Waals surface area contributed by atoms with Crippen molar-refractivity contribution in [2.75, 3.05) is 6.54 Å². The Labute approximate surface area is 121 Å². The molecule has 1 aliphatic heterocycles. The minimum Gasteiger partial charge on any atom is -0.336 e. The van der Waals surface area contributed by atoms with Crippen LogP contribution < -0.4 is 5.73 Å². The van der Waals surface area contributed by atoms with Crippen LogP contribution in [0.2, 0.25) is 0 Å². The van der Waals surface area contributed by atoms with Crippen molar-refractivity contribution in [3.8, 4) is 0 Å². The standard InChI is InChI=1S/C15H22N2O.ClH/c1-11-5-3-6-13(9-11)14-7-4-8-17(14)15(18)10-12(2)16;/h3,5-6,9,12,14H,4,7-8,10,16H2,1-2H3;1H. The zero-order valence-corrected chi connectivity index (χ0v) is 12.5. The van der Waals surface area contributed by atoms with Gasteiger partial charge in [-0.25, -0.2) is 0 Å². The van der Waals surface area contributed by atoms with E-state index in [9.17, 15) is 4.79 Å². The normalized spacial score (nSPS) is 19.9. The number of carbonyl (C=O) groups excluding carboxylic acids is 1. The van der Waals surface area contributed by atoms with Crippen molar-refractivity contribution in [3.05, 3.63) is 35.4 Å². The summed E-state index contributed by atoms with van der Waals surface area (Å²) >= 11 is 0. The molecule has 2 rings (SSSR count). The lowest BCUT2D eigenvalue weighted by molar-refractivity contribution is -0.132. The first-order valence-electron chi connectivity index (χ1n) is 6.69. The van der Waals surface area contributed by atoms with E-state index in [0.29, 0.717) is 6.42 Å². The molecule has 1 heterocycles. The van der Waals surface area contributed by atoms with Crippen molar-refractivity contribution < 1.29 is 4.79 Å². The molecule has 0 saturated carbocycles. The number of halogens is 1. The monoisotopic (exact) mass is 282 g/mol. The Balaban J connectivity index is 0.00000180. The number of nitrogens with two attached hydrogens (primary N) is 1. The van der Waals surface area contributed by atoms with Crippen molar-refractivity contribution in [1.29, 1.82) is 0 Å². The molecule has 4 heteroatoms. The van der Waals surface area contributed by atoms with Crippen molar-refractivity contribution in [2.45, 2.75) is 45.2 Å². The van der Waals surface area contributed by atoms with Gasteiger partial charge < -0.3 is 10.6 Å². The largest absolute Gasteiger partial charge is 0.336 e. The maximum atomic E-state index is 12.2. The second-order valence-electron chi connectivity index (χ2n) is 5.34. The van der Waals surface area contributed by atoms with Crippen LogP contribution in [0.3, 0.4) is 0 Å². The second-order valence-corrected chi connectivity index (χ2v) is 5.34. The van der Waals surface area contributed by atoms with Crippen molar-refractivity contribution >= 4 is 18.3 Å². The van der Waals surface area contributed by atoms with Gasteiger partial charge in [0.05, 0.1) is 6.04 Å². The van der Waals surface area contributed by atoms with E-state index in [1.807, 2.05) is 11.8 Å². The van der Waals surface area contributed by atoms with Crippen LogP contribution in [0, 0.1) is 6.92 Å². The predicted octanol–water partition coefficient (Wildman–Crippen LogP) is 2.82. The first kappa shape index (κ1) is 16.0. The van der Waals surface area contributed by atoms with Crippen LogP contribution >= 0.6 is 12.4 Å². The fraction of sp³-hybridized carbons (Fsp3) is 0.533. The van der Waals surface area contributed by atoms with Crippen LogP contribution in [-0.4, -0.2) is 23.4 Å². The topological polar surface area (TPSA) is 46.3 Å². The van der Waals surface area contributed by atoms with E-state index < -0.39 is 0 Å². The summed E-state index contributed by atoms with van der Waals surface area (Å²) in [7, 11) is 0. The predicted molar refractivity (Wildman–Crippen MR) is 80.4 cm³/mol. The quantitative estimate of drug-likeness (QED) is 0.927. The van der Waals surface area contributed by atoms with Crippen LogP contribution in [-0.2, 0) is 4.79 Å². The highest BCUT2D eigenvalue weighted by atomic mass is 35.5. The average molecular weight is 283 g/mol. The third kappa shape index (κ3) is 3.95. The van der Waals surface area contributed by atoms with Gasteiger partial charge in [0, 0.05) is 19.0 Å². The molecule has 106 valence electrons. The van der Waals surface area contributed by atoms with E-state index in [1.165, 1.54) is 11.1 Å². The number of amides is 1. The first-order chi connectivity index (χ1) is 8.58. The van der Waals surface area contributed by atoms with Crippen LogP contribution in [0.1, 0.15) is 43.4 Å². The average Bonchev–Trinajstić information content (AvgIpc) is 2.76. The molecule has 0 spiro atoms. The zero-order valence-electron chi connectivity index (χ0n) is 11.6. The Hall–Kier alpha value is -1.06. The van der Waals surface area contributed by atoms with Gasteiger partial charge in [-0.2, -0.15) is 0 Å². The van der Waals surface area contributed by atoms with Gasteiger partial charge in [0.25, 0.3) is 0 Å². The van der Waals surface area contributed by atoms with Crippen molar-refractivity contribution in [2.24, 2.45) is 5.73 Å². The summed E-state index contributed by atoms with van der Waals surface area (Å²) in [5, 5.41) is 0. The summed E-state index contributed by atoms with van der Waals surface area (Å²) in [5.41, 5.74) is 8.23. The second kappa shape index (κ2) is 6.92. The molecule has 0 radical (unpaired) electrons. The Morgan fingerprint density at radius 1 is 1.53 bits per heavy atom. The van der Waals surface area contributed by atoms with Gasteiger partial charge in [0.15, 0.2) is 0 Å². The number of nitrogens with zero attached hydrogens (tertiary/aromatic N) is 1. The summed E-state index contributed by atoms with van der Waals surface area (Å²) in [6.45, 7) is 4.84. The molecular weight excluding hydrogens is 260 g/mol. The summed E-state index contributed by atoms with van der Waals surface area (Å²) in [5.74, 6) is 0.189. The lowest BCUT2D eigenvalue weighted by Crippen LogP contribution is -2.34. The van der Waals surface area contributed by atoms with Gasteiger partial charge in [-0.3, -0.25) is 4.79 Å². The fourth-order valence-electron chi connectivity index (χ4n) is 2.68. The number of carbonyl (C=O) groups is 1. The smallest absolute Gasteiger partial charge is 0.224 e. The van der Waals surface area contributed by atoms with Crippen LogP contribution in [0.25, 0.3) is 0 Å². The highest BCUT2D eigenvalue weighted by Gasteiger charge is 2.29. The molecular formula is C15H23ClN2O. The number of benzene rings is 1. The maximum Gasteiger partial charge on any atom is 0.224 e. The van der Waals surface area contributed by atoms with Gasteiger partial charge in [0.2, 0.25) is 5.91 Å². The van der Waals surface area contributed by atoms with Gasteiger partial charge in [-0.05, 0) is 32.3 Å². The SMILES string of the molecule is Cc1cccc(C2CCCN2C(=O)CC(C)N)c1.Cl. The Bertz CT molecular complexity index is 434. The van der Waals surface area contributed by atoms with Gasteiger partial charge in [-0.15, -0.1) is 12.4 Å². The molecule has 1 aromatic carbocycles. The zero-order chi connectivity index (χ0) is 13.1. The molecule has 2 atom stereocenters. The van der Waals surface area contributed by atoms with Gasteiger partial charge in [-0.1, -0.05) is 29.8 Å². The first-order valence-corrected chi connectivity index (χ1v) is 6.69. The summed E-state index contributed by atoms with van der Waals surface area (Å²) in [6, 6.07) is 8.65. The summed E-state index contributed by atoms with van der Waals surface area (Å²) < 4.78 is 0. The highest BCUT2D eigenvalue weighted by Crippen LogP contribution is 2.32. The molecule has 19 heavy (non-hydrogen) atoms. The number of hydrogen-bond donors (Lipinski definition) is 1. The van der Waals surface area contributed by atoms with Gasteiger partial charge in [0.1, 0.15) is 0 Å². The van der Waals surface area contributed by atoms with E-state index in [4.69, 9.17) is 5.73 Å². The lowest BCUT2D eigenvalue weighted by atomic mass is 10.0. The van der Waals surface area contributed by atoms with Crippen LogP contribution in [0.15, 0.2) is 24.3 Å². The molecule has 1 saturated heterocycles. The summed E-state index contributed by atoms with van der Waals surface area (Å²) in [4.78, 5) is 14.2. The Morgan fingerprint density at radius 2 is 2.26 bits per heavy atom. The third-order valence-electron chi connectivity index (χ3n) is 3.50. The molecule has 2 unspecified atom stereocenters. The molecule has 3 nitrogen and oxygen atoms in total. The molecule has 1 aliphatic rings. The van der Waals surface area contributed by atoms with E-state index in [0.717, 1.165) is 19.4 Å². The van der Waals surface area contributed by atoms with E-state index in [1.54, 1.807) is 0 Å². The van der Waals surface area contributed by atoms with Crippen LogP contribution in [0.5, 0.6) is 0 Å². The maximum absolute atomic E-state index is 12.2. The molecule has 0 bridgehead atoms. The lowest BCUT2D eigenvalue weighted by Gasteiger charge is -2.26. The van der Waals surface area contributed by atoms with Gasteiger partial charge >= 0.3 is 0 Å². The number of rotatable bonds is 3. The van der Waals surface area contributed by atoms with E-state index in [2.05, 4.69) is 31.2 Å². The number of aryl methyl sites for hydroxylation is 1. The molecule has 1 aromatic rings. The molecule has 0 aliphatic carbocycles. The van der Waals surface area contributed by atoms with E-state index in [-0.39, 0.29) is 30.4 Å².